The molecule has 0 bridgehead atoms. The van der Waals surface area contributed by atoms with Crippen molar-refractivity contribution in [1.29, 1.82) is 0 Å². The molecule has 7 nitrogen and oxygen atoms in total. The summed E-state index contributed by atoms with van der Waals surface area (Å²) in [5, 5.41) is 18.4. The van der Waals surface area contributed by atoms with Gasteiger partial charge in [0, 0.05) is 13.1 Å². The molecular weight excluding hydrogens is 356 g/mol. The number of rotatable bonds is 10. The van der Waals surface area contributed by atoms with E-state index >= 15 is 0 Å². The van der Waals surface area contributed by atoms with Crippen LogP contribution < -0.4 is 20.1 Å². The average molecular weight is 380 g/mol. The third kappa shape index (κ3) is 5.91. The normalized spacial score (nSPS) is 11.7. The van der Waals surface area contributed by atoms with Crippen molar-refractivity contribution in [2.45, 2.75) is 12.6 Å². The van der Waals surface area contributed by atoms with Gasteiger partial charge in [-0.2, -0.15) is 11.3 Å². The van der Waals surface area contributed by atoms with Crippen LogP contribution in [0.25, 0.3) is 0 Å². The molecule has 0 aliphatic carbocycles. The van der Waals surface area contributed by atoms with E-state index < -0.39 is 0 Å². The number of aliphatic hydroxyl groups excluding tert-OH is 1. The molecule has 0 fully saturated rings. The first-order valence-corrected chi connectivity index (χ1v) is 9.09. The minimum atomic E-state index is -0.299. The van der Waals surface area contributed by atoms with Crippen molar-refractivity contribution in [2.24, 2.45) is 0 Å². The maximum Gasteiger partial charge on any atom is 0.315 e. The fourth-order valence-electron chi connectivity index (χ4n) is 2.35. The number of thiophene rings is 1. The highest BCUT2D eigenvalue weighted by molar-refractivity contribution is 7.07. The summed E-state index contributed by atoms with van der Waals surface area (Å²) in [6.07, 6.45) is -0.291. The van der Waals surface area contributed by atoms with Gasteiger partial charge in [-0.25, -0.2) is 4.79 Å². The second-order valence-corrected chi connectivity index (χ2v) is 6.17. The van der Waals surface area contributed by atoms with Crippen LogP contribution in [-0.4, -0.2) is 45.1 Å². The van der Waals surface area contributed by atoms with Crippen LogP contribution in [0.15, 0.2) is 35.0 Å². The van der Waals surface area contributed by atoms with Crippen LogP contribution >= 0.6 is 11.3 Å². The van der Waals surface area contributed by atoms with Crippen molar-refractivity contribution >= 4 is 17.4 Å². The van der Waals surface area contributed by atoms with Gasteiger partial charge in [0.15, 0.2) is 11.5 Å². The highest BCUT2D eigenvalue weighted by Crippen LogP contribution is 2.27. The minimum absolute atomic E-state index is 0.0634. The number of carbonyl (C=O) groups excluding carboxylic acids is 1. The molecule has 0 aliphatic heterocycles. The number of ether oxygens (including phenoxy) is 3. The monoisotopic (exact) mass is 380 g/mol. The zero-order chi connectivity index (χ0) is 18.8. The van der Waals surface area contributed by atoms with Crippen molar-refractivity contribution in [3.63, 3.8) is 0 Å². The third-order valence-electron chi connectivity index (χ3n) is 3.67. The summed E-state index contributed by atoms with van der Waals surface area (Å²) in [5.74, 6) is 1.25. The molecule has 2 rings (SSSR count). The molecule has 2 aromatic rings. The van der Waals surface area contributed by atoms with Gasteiger partial charge in [-0.3, -0.25) is 0 Å². The van der Waals surface area contributed by atoms with Crippen molar-refractivity contribution in [3.8, 4) is 11.5 Å². The molecule has 1 aromatic heterocycles. The summed E-state index contributed by atoms with van der Waals surface area (Å²) < 4.78 is 16.0. The molecular formula is C18H24N2O5S. The second-order valence-electron chi connectivity index (χ2n) is 5.39. The minimum Gasteiger partial charge on any atom is -0.493 e. The smallest absolute Gasteiger partial charge is 0.315 e. The number of carbonyl (C=O) groups is 1. The van der Waals surface area contributed by atoms with Gasteiger partial charge in [0.25, 0.3) is 0 Å². The van der Waals surface area contributed by atoms with E-state index in [0.29, 0.717) is 24.6 Å². The lowest BCUT2D eigenvalue weighted by molar-refractivity contribution is 0.0297. The van der Waals surface area contributed by atoms with Crippen LogP contribution in [0.2, 0.25) is 0 Å². The van der Waals surface area contributed by atoms with Crippen molar-refractivity contribution < 1.29 is 24.1 Å². The van der Waals surface area contributed by atoms with E-state index in [9.17, 15) is 4.79 Å². The van der Waals surface area contributed by atoms with E-state index in [4.69, 9.17) is 19.3 Å². The first-order chi connectivity index (χ1) is 12.7. The molecule has 1 atom stereocenters. The number of hydrogen-bond donors (Lipinski definition) is 3. The van der Waals surface area contributed by atoms with Crippen LogP contribution in [-0.2, 0) is 11.3 Å². The Morgan fingerprint density at radius 3 is 2.65 bits per heavy atom. The first kappa shape index (κ1) is 20.0. The Morgan fingerprint density at radius 1 is 1.19 bits per heavy atom. The summed E-state index contributed by atoms with van der Waals surface area (Å²) >= 11 is 1.56. The summed E-state index contributed by atoms with van der Waals surface area (Å²) in [7, 11) is 3.14. The van der Waals surface area contributed by atoms with E-state index in [1.165, 1.54) is 0 Å². The third-order valence-corrected chi connectivity index (χ3v) is 4.38. The Morgan fingerprint density at radius 2 is 2.00 bits per heavy atom. The first-order valence-electron chi connectivity index (χ1n) is 8.15. The molecule has 142 valence electrons. The van der Waals surface area contributed by atoms with E-state index in [1.54, 1.807) is 31.6 Å². The number of nitrogens with one attached hydrogen (secondary N) is 2. The number of methoxy groups -OCH3 is 2. The summed E-state index contributed by atoms with van der Waals surface area (Å²) in [6.45, 7) is 0.822. The van der Waals surface area contributed by atoms with Gasteiger partial charge in [-0.05, 0) is 40.1 Å². The van der Waals surface area contributed by atoms with Crippen molar-refractivity contribution in [2.75, 3.05) is 34.0 Å². The number of aliphatic hydroxyl groups is 1. The lowest BCUT2D eigenvalue weighted by Crippen LogP contribution is -2.38. The van der Waals surface area contributed by atoms with Crippen LogP contribution in [0.3, 0.4) is 0 Å². The van der Waals surface area contributed by atoms with Gasteiger partial charge in [-0.15, -0.1) is 0 Å². The fourth-order valence-corrected chi connectivity index (χ4v) is 3.05. The Bertz CT molecular complexity index is 678. The molecule has 3 N–H and O–H groups in total. The number of benzene rings is 1. The van der Waals surface area contributed by atoms with Crippen molar-refractivity contribution in [3.05, 3.63) is 46.2 Å². The van der Waals surface area contributed by atoms with Gasteiger partial charge >= 0.3 is 6.03 Å². The molecule has 0 saturated carbocycles. The SMILES string of the molecule is COc1ccc(CNC(=O)NCC(OCCO)c2ccsc2)cc1OC. The summed E-state index contributed by atoms with van der Waals surface area (Å²) in [4.78, 5) is 12.1. The molecule has 2 amide bonds. The molecule has 0 spiro atoms. The Labute approximate surface area is 156 Å². The van der Waals surface area contributed by atoms with E-state index in [-0.39, 0.29) is 25.3 Å². The van der Waals surface area contributed by atoms with Gasteiger partial charge in [0.1, 0.15) is 6.10 Å². The van der Waals surface area contributed by atoms with Gasteiger partial charge in [0.2, 0.25) is 0 Å². The Balaban J connectivity index is 1.84. The van der Waals surface area contributed by atoms with E-state index in [1.807, 2.05) is 29.0 Å². The van der Waals surface area contributed by atoms with Gasteiger partial charge in [0.05, 0.1) is 27.4 Å². The molecule has 1 aromatic carbocycles. The molecule has 1 heterocycles. The maximum absolute atomic E-state index is 12.1. The lowest BCUT2D eigenvalue weighted by atomic mass is 10.2. The summed E-state index contributed by atoms with van der Waals surface area (Å²) in [6, 6.07) is 7.11. The zero-order valence-electron chi connectivity index (χ0n) is 14.9. The number of hydrogen-bond acceptors (Lipinski definition) is 6. The Hall–Kier alpha value is -2.29. The molecule has 26 heavy (non-hydrogen) atoms. The van der Waals surface area contributed by atoms with Gasteiger partial charge in [-0.1, -0.05) is 6.07 Å². The fraction of sp³-hybridized carbons (Fsp3) is 0.389. The highest BCUT2D eigenvalue weighted by Gasteiger charge is 2.14. The van der Waals surface area contributed by atoms with Crippen LogP contribution in [0, 0.1) is 0 Å². The maximum atomic E-state index is 12.1. The van der Waals surface area contributed by atoms with Crippen LogP contribution in [0.1, 0.15) is 17.2 Å². The topological polar surface area (TPSA) is 89.1 Å². The average Bonchev–Trinajstić information content (AvgIpc) is 3.20. The van der Waals surface area contributed by atoms with Crippen LogP contribution in [0.4, 0.5) is 4.79 Å². The number of amides is 2. The van der Waals surface area contributed by atoms with E-state index in [0.717, 1.165) is 11.1 Å². The second kappa shape index (κ2) is 10.6. The lowest BCUT2D eigenvalue weighted by Gasteiger charge is -2.17. The molecule has 0 aliphatic rings. The number of urea groups is 1. The molecule has 1 unspecified atom stereocenters. The molecule has 0 saturated heterocycles. The molecule has 0 radical (unpaired) electrons. The van der Waals surface area contributed by atoms with E-state index in [2.05, 4.69) is 10.6 Å². The quantitative estimate of drug-likeness (QED) is 0.589. The van der Waals surface area contributed by atoms with Crippen LogP contribution in [0.5, 0.6) is 11.5 Å². The Kier molecular flexibility index (Phi) is 8.20. The van der Waals surface area contributed by atoms with Crippen molar-refractivity contribution in [1.82, 2.24) is 10.6 Å². The predicted octanol–water partition coefficient (Wildman–Crippen LogP) is 2.31. The zero-order valence-corrected chi connectivity index (χ0v) is 15.7. The van der Waals surface area contributed by atoms with Gasteiger partial charge < -0.3 is 30.0 Å². The standard InChI is InChI=1S/C18H24N2O5S/c1-23-15-4-3-13(9-16(15)24-2)10-19-18(22)20-11-17(25-7-6-21)14-5-8-26-12-14/h3-5,8-9,12,17,21H,6-7,10-11H2,1-2H3,(H2,19,20,22). The molecule has 8 heteroatoms. The largest absolute Gasteiger partial charge is 0.493 e. The highest BCUT2D eigenvalue weighted by atomic mass is 32.1. The predicted molar refractivity (Wildman–Crippen MR) is 99.9 cm³/mol. The summed E-state index contributed by atoms with van der Waals surface area (Å²) in [5.41, 5.74) is 1.87.